The van der Waals surface area contributed by atoms with Gasteiger partial charge in [-0.25, -0.2) is 8.42 Å². The first-order valence-corrected chi connectivity index (χ1v) is 8.36. The number of carbonyl (C=O) groups is 1. The molecule has 0 aromatic carbocycles. The molecule has 0 aliphatic carbocycles. The zero-order chi connectivity index (χ0) is 14.6. The summed E-state index contributed by atoms with van der Waals surface area (Å²) in [6.45, 7) is 4.52. The minimum Gasteiger partial charge on any atom is -0.383 e. The van der Waals surface area contributed by atoms with Crippen molar-refractivity contribution in [3.05, 3.63) is 0 Å². The Morgan fingerprint density at radius 3 is 2.53 bits per heavy atom. The Balaban J connectivity index is 2.80. The predicted molar refractivity (Wildman–Crippen MR) is 73.5 cm³/mol. The van der Waals surface area contributed by atoms with Crippen molar-refractivity contribution in [1.82, 2.24) is 4.90 Å². The van der Waals surface area contributed by atoms with Crippen LogP contribution < -0.4 is 5.73 Å². The molecule has 112 valence electrons. The van der Waals surface area contributed by atoms with Gasteiger partial charge in [0.15, 0.2) is 9.84 Å². The predicted octanol–water partition coefficient (Wildman–Crippen LogP) is -0.368. The molecule has 2 atom stereocenters. The van der Waals surface area contributed by atoms with E-state index in [-0.39, 0.29) is 29.4 Å². The quantitative estimate of drug-likeness (QED) is 0.721. The lowest BCUT2D eigenvalue weighted by Gasteiger charge is -2.31. The number of amides is 1. The van der Waals surface area contributed by atoms with Crippen LogP contribution in [0.3, 0.4) is 0 Å². The number of hydrogen-bond donors (Lipinski definition) is 1. The molecule has 1 fully saturated rings. The van der Waals surface area contributed by atoms with Crippen LogP contribution in [0.4, 0.5) is 0 Å². The second-order valence-corrected chi connectivity index (χ2v) is 7.58. The van der Waals surface area contributed by atoms with Gasteiger partial charge in [0.2, 0.25) is 5.91 Å². The van der Waals surface area contributed by atoms with Crippen LogP contribution in [0.2, 0.25) is 0 Å². The molecule has 1 rings (SSSR count). The molecule has 0 saturated carbocycles. The summed E-state index contributed by atoms with van der Waals surface area (Å²) in [7, 11) is -1.47. The van der Waals surface area contributed by atoms with Crippen LogP contribution >= 0.6 is 0 Å². The number of carbonyl (C=O) groups excluding carboxylic acids is 1. The van der Waals surface area contributed by atoms with E-state index in [9.17, 15) is 13.2 Å². The van der Waals surface area contributed by atoms with E-state index in [2.05, 4.69) is 0 Å². The van der Waals surface area contributed by atoms with Crippen LogP contribution in [0.25, 0.3) is 0 Å². The third-order valence-corrected chi connectivity index (χ3v) is 5.22. The molecule has 7 heteroatoms. The number of nitrogens with zero attached hydrogens (tertiary/aromatic N) is 1. The number of hydrogen-bond acceptors (Lipinski definition) is 5. The van der Waals surface area contributed by atoms with Crippen molar-refractivity contribution in [2.75, 3.05) is 31.8 Å². The summed E-state index contributed by atoms with van der Waals surface area (Å²) in [6.07, 6.45) is 0.489. The van der Waals surface area contributed by atoms with Gasteiger partial charge in [-0.05, 0) is 12.3 Å². The van der Waals surface area contributed by atoms with E-state index >= 15 is 0 Å². The Hall–Kier alpha value is -0.660. The van der Waals surface area contributed by atoms with E-state index in [0.717, 1.165) is 0 Å². The molecule has 1 aliphatic rings. The highest BCUT2D eigenvalue weighted by Crippen LogP contribution is 2.19. The van der Waals surface area contributed by atoms with Gasteiger partial charge >= 0.3 is 0 Å². The van der Waals surface area contributed by atoms with Gasteiger partial charge in [-0.1, -0.05) is 13.8 Å². The first-order chi connectivity index (χ1) is 8.78. The normalized spacial score (nSPS) is 23.5. The molecule has 6 nitrogen and oxygen atoms in total. The van der Waals surface area contributed by atoms with Crippen LogP contribution in [-0.2, 0) is 19.4 Å². The minimum absolute atomic E-state index is 0.0237. The molecule has 0 radical (unpaired) electrons. The highest BCUT2D eigenvalue weighted by molar-refractivity contribution is 7.91. The minimum atomic E-state index is -3.02. The van der Waals surface area contributed by atoms with Crippen LogP contribution in [0.5, 0.6) is 0 Å². The Labute approximate surface area is 115 Å². The van der Waals surface area contributed by atoms with E-state index in [0.29, 0.717) is 19.6 Å². The SMILES string of the molecule is COCCN(C(=O)[C@@H](N)C(C)C)C1CCS(=O)(=O)C1. The Morgan fingerprint density at radius 1 is 1.47 bits per heavy atom. The number of ether oxygens (including phenoxy) is 1. The molecule has 0 bridgehead atoms. The van der Waals surface area contributed by atoms with E-state index in [1.165, 1.54) is 0 Å². The van der Waals surface area contributed by atoms with Crippen molar-refractivity contribution in [2.24, 2.45) is 11.7 Å². The molecular formula is C12H24N2O4S. The topological polar surface area (TPSA) is 89.7 Å². The lowest BCUT2D eigenvalue weighted by Crippen LogP contribution is -2.52. The van der Waals surface area contributed by atoms with Crippen molar-refractivity contribution in [1.29, 1.82) is 0 Å². The molecule has 0 aromatic heterocycles. The molecule has 1 aliphatic heterocycles. The Morgan fingerprint density at radius 2 is 2.11 bits per heavy atom. The zero-order valence-electron chi connectivity index (χ0n) is 11.8. The average Bonchev–Trinajstić information content (AvgIpc) is 2.68. The van der Waals surface area contributed by atoms with E-state index in [1.54, 1.807) is 12.0 Å². The molecule has 2 N–H and O–H groups in total. The molecule has 1 unspecified atom stereocenters. The lowest BCUT2D eigenvalue weighted by molar-refractivity contribution is -0.136. The summed E-state index contributed by atoms with van der Waals surface area (Å²) in [5.74, 6) is 0.0169. The van der Waals surface area contributed by atoms with Crippen molar-refractivity contribution < 1.29 is 17.9 Å². The van der Waals surface area contributed by atoms with Crippen LogP contribution in [0.1, 0.15) is 20.3 Å². The van der Waals surface area contributed by atoms with Crippen molar-refractivity contribution in [3.63, 3.8) is 0 Å². The first kappa shape index (κ1) is 16.4. The summed E-state index contributed by atoms with van der Waals surface area (Å²) in [6, 6.07) is -0.863. The molecule has 1 saturated heterocycles. The number of sulfone groups is 1. The molecule has 1 amide bonds. The van der Waals surface area contributed by atoms with Gasteiger partial charge in [0.1, 0.15) is 0 Å². The van der Waals surface area contributed by atoms with Crippen LogP contribution in [0, 0.1) is 5.92 Å². The molecule has 0 spiro atoms. The van der Waals surface area contributed by atoms with Gasteiger partial charge in [0.05, 0.1) is 24.2 Å². The van der Waals surface area contributed by atoms with Gasteiger partial charge in [0, 0.05) is 19.7 Å². The number of nitrogens with two attached hydrogens (primary N) is 1. The number of methoxy groups -OCH3 is 1. The summed E-state index contributed by atoms with van der Waals surface area (Å²) in [5, 5.41) is 0. The Kier molecular flexibility index (Phi) is 5.76. The molecule has 0 aromatic rings. The van der Waals surface area contributed by atoms with Crippen LogP contribution in [0.15, 0.2) is 0 Å². The molecule has 1 heterocycles. The molecule has 19 heavy (non-hydrogen) atoms. The second-order valence-electron chi connectivity index (χ2n) is 5.35. The van der Waals surface area contributed by atoms with Crippen LogP contribution in [-0.4, -0.2) is 63.1 Å². The zero-order valence-corrected chi connectivity index (χ0v) is 12.6. The van der Waals surface area contributed by atoms with Crippen molar-refractivity contribution in [3.8, 4) is 0 Å². The summed E-state index contributed by atoms with van der Waals surface area (Å²) in [4.78, 5) is 13.9. The molecular weight excluding hydrogens is 268 g/mol. The Bertz CT molecular complexity index is 408. The van der Waals surface area contributed by atoms with E-state index in [4.69, 9.17) is 10.5 Å². The average molecular weight is 292 g/mol. The van der Waals surface area contributed by atoms with Crippen molar-refractivity contribution >= 4 is 15.7 Å². The van der Waals surface area contributed by atoms with Gasteiger partial charge in [-0.3, -0.25) is 4.79 Å². The van der Waals surface area contributed by atoms with Crippen molar-refractivity contribution in [2.45, 2.75) is 32.4 Å². The standard InChI is InChI=1S/C12H24N2O4S/c1-9(2)11(13)12(15)14(5-6-18-3)10-4-7-19(16,17)8-10/h9-11H,4-8,13H2,1-3H3/t10?,11-/m0/s1. The van der Waals surface area contributed by atoms with E-state index < -0.39 is 15.9 Å². The fraction of sp³-hybridized carbons (Fsp3) is 0.917. The fourth-order valence-electron chi connectivity index (χ4n) is 2.16. The number of rotatable bonds is 6. The third kappa shape index (κ3) is 4.43. The fourth-order valence-corrected chi connectivity index (χ4v) is 3.89. The van der Waals surface area contributed by atoms with Gasteiger partial charge in [0.25, 0.3) is 0 Å². The highest BCUT2D eigenvalue weighted by Gasteiger charge is 2.36. The summed E-state index contributed by atoms with van der Waals surface area (Å²) < 4.78 is 28.1. The van der Waals surface area contributed by atoms with Gasteiger partial charge in [-0.2, -0.15) is 0 Å². The maximum absolute atomic E-state index is 12.3. The highest BCUT2D eigenvalue weighted by atomic mass is 32.2. The summed E-state index contributed by atoms with van der Waals surface area (Å²) >= 11 is 0. The largest absolute Gasteiger partial charge is 0.383 e. The lowest BCUT2D eigenvalue weighted by atomic mass is 10.0. The second kappa shape index (κ2) is 6.67. The maximum Gasteiger partial charge on any atom is 0.240 e. The summed E-state index contributed by atoms with van der Waals surface area (Å²) in [5.41, 5.74) is 5.89. The monoisotopic (exact) mass is 292 g/mol. The van der Waals surface area contributed by atoms with Gasteiger partial charge in [-0.15, -0.1) is 0 Å². The van der Waals surface area contributed by atoms with Gasteiger partial charge < -0.3 is 15.4 Å². The third-order valence-electron chi connectivity index (χ3n) is 3.47. The first-order valence-electron chi connectivity index (χ1n) is 6.54. The maximum atomic E-state index is 12.3. The smallest absolute Gasteiger partial charge is 0.240 e. The van der Waals surface area contributed by atoms with E-state index in [1.807, 2.05) is 13.8 Å².